The maximum Gasteiger partial charge on any atom is 0.286 e. The quantitative estimate of drug-likeness (QED) is 0.680. The number of carbonyl (C=O) groups excluding carboxylic acids is 1. The Balaban J connectivity index is 1.46. The van der Waals surface area contributed by atoms with E-state index in [0.717, 1.165) is 12.8 Å². The topological polar surface area (TPSA) is 80.1 Å². The Labute approximate surface area is 173 Å². The second-order valence-corrected chi connectivity index (χ2v) is 7.33. The third kappa shape index (κ3) is 4.07. The van der Waals surface area contributed by atoms with Gasteiger partial charge in [0.25, 0.3) is 11.5 Å². The fraction of sp³-hybridized carbons (Fsp3) is 0.273. The van der Waals surface area contributed by atoms with Crippen molar-refractivity contribution in [3.05, 3.63) is 82.0 Å². The number of amides is 1. The molecular weight excluding hydrogens is 385 g/mol. The minimum absolute atomic E-state index is 0.118. The van der Waals surface area contributed by atoms with Gasteiger partial charge in [0.15, 0.2) is 0 Å². The van der Waals surface area contributed by atoms with Gasteiger partial charge >= 0.3 is 0 Å². The predicted molar refractivity (Wildman–Crippen MR) is 111 cm³/mol. The zero-order chi connectivity index (χ0) is 21.1. The molecule has 0 saturated heterocycles. The summed E-state index contributed by atoms with van der Waals surface area (Å²) in [6.45, 7) is 2.77. The van der Waals surface area contributed by atoms with E-state index in [0.29, 0.717) is 24.7 Å². The van der Waals surface area contributed by atoms with E-state index < -0.39 is 11.5 Å². The zero-order valence-electron chi connectivity index (χ0n) is 16.6. The molecule has 0 saturated carbocycles. The molecule has 8 heteroatoms. The molecule has 154 valence electrons. The fourth-order valence-electron chi connectivity index (χ4n) is 3.51. The molecular formula is C22H22FN5O2. The van der Waals surface area contributed by atoms with Gasteiger partial charge in [-0.2, -0.15) is 0 Å². The molecule has 0 radical (unpaired) electrons. The summed E-state index contributed by atoms with van der Waals surface area (Å²) in [7, 11) is 0. The molecule has 30 heavy (non-hydrogen) atoms. The number of rotatable bonds is 6. The van der Waals surface area contributed by atoms with Crippen LogP contribution >= 0.6 is 0 Å². The minimum Gasteiger partial charge on any atom is -0.348 e. The number of nitrogens with one attached hydrogen (secondary N) is 1. The molecule has 2 aromatic carbocycles. The van der Waals surface area contributed by atoms with Crippen molar-refractivity contribution >= 4 is 17.5 Å². The SMILES string of the molecule is CC(CCc1ccccc1)NC(=O)c1nnc2n(c1=O)CCN2c1ccc(F)cc1. The largest absolute Gasteiger partial charge is 0.348 e. The molecule has 1 aliphatic rings. The Morgan fingerprint density at radius 2 is 1.83 bits per heavy atom. The summed E-state index contributed by atoms with van der Waals surface area (Å²) in [5.74, 6) is -0.515. The van der Waals surface area contributed by atoms with Crippen LogP contribution in [0.4, 0.5) is 16.0 Å². The van der Waals surface area contributed by atoms with Crippen molar-refractivity contribution in [1.82, 2.24) is 20.1 Å². The number of aromatic nitrogens is 3. The van der Waals surface area contributed by atoms with Gasteiger partial charge in [0.05, 0.1) is 0 Å². The number of hydrogen-bond acceptors (Lipinski definition) is 5. The third-order valence-electron chi connectivity index (χ3n) is 5.16. The van der Waals surface area contributed by atoms with E-state index in [1.54, 1.807) is 17.0 Å². The molecule has 1 aliphatic heterocycles. The van der Waals surface area contributed by atoms with Crippen LogP contribution in [0.25, 0.3) is 0 Å². The summed E-state index contributed by atoms with van der Waals surface area (Å²) in [6, 6.07) is 15.8. The molecule has 1 amide bonds. The van der Waals surface area contributed by atoms with E-state index in [1.165, 1.54) is 22.3 Å². The van der Waals surface area contributed by atoms with E-state index in [9.17, 15) is 14.0 Å². The lowest BCUT2D eigenvalue weighted by Crippen LogP contribution is -2.39. The van der Waals surface area contributed by atoms with Crippen LogP contribution in [0.3, 0.4) is 0 Å². The monoisotopic (exact) mass is 407 g/mol. The minimum atomic E-state index is -0.524. The molecule has 2 heterocycles. The molecule has 1 atom stereocenters. The van der Waals surface area contributed by atoms with Crippen LogP contribution in [0.1, 0.15) is 29.4 Å². The van der Waals surface area contributed by atoms with Gasteiger partial charge in [-0.05, 0) is 49.6 Å². The molecule has 0 fully saturated rings. The zero-order valence-corrected chi connectivity index (χ0v) is 16.6. The van der Waals surface area contributed by atoms with Gasteiger partial charge in [-0.15, -0.1) is 10.2 Å². The van der Waals surface area contributed by atoms with Gasteiger partial charge in [0, 0.05) is 24.8 Å². The summed E-state index contributed by atoms with van der Waals surface area (Å²) >= 11 is 0. The number of fused-ring (bicyclic) bond motifs is 1. The molecule has 0 bridgehead atoms. The van der Waals surface area contributed by atoms with Crippen molar-refractivity contribution in [2.45, 2.75) is 32.4 Å². The Bertz CT molecular complexity index is 1100. The number of anilines is 2. The van der Waals surface area contributed by atoms with Crippen molar-refractivity contribution in [2.75, 3.05) is 11.4 Å². The van der Waals surface area contributed by atoms with Crippen LogP contribution in [0.5, 0.6) is 0 Å². The number of benzene rings is 2. The molecule has 0 spiro atoms. The number of halogens is 1. The first-order chi connectivity index (χ1) is 14.5. The first kappa shape index (κ1) is 19.8. The lowest BCUT2D eigenvalue weighted by Gasteiger charge is -2.17. The predicted octanol–water partition coefficient (Wildman–Crippen LogP) is 2.68. The van der Waals surface area contributed by atoms with Crippen molar-refractivity contribution in [2.24, 2.45) is 0 Å². The van der Waals surface area contributed by atoms with Crippen molar-refractivity contribution in [3.63, 3.8) is 0 Å². The average molecular weight is 407 g/mol. The Kier molecular flexibility index (Phi) is 5.56. The van der Waals surface area contributed by atoms with Crippen LogP contribution in [-0.2, 0) is 13.0 Å². The van der Waals surface area contributed by atoms with Crippen LogP contribution in [-0.4, -0.2) is 33.3 Å². The maximum atomic E-state index is 13.2. The Morgan fingerprint density at radius 3 is 2.57 bits per heavy atom. The molecule has 0 aliphatic carbocycles. The van der Waals surface area contributed by atoms with E-state index in [1.807, 2.05) is 37.3 Å². The molecule has 3 aromatic rings. The first-order valence-corrected chi connectivity index (χ1v) is 9.88. The standard InChI is InChI=1S/C22H22FN5O2/c1-15(7-8-16-5-3-2-4-6-16)24-20(29)19-21(30)28-14-13-27(22(28)26-25-19)18-11-9-17(23)10-12-18/h2-6,9-12,15H,7-8,13-14H2,1H3,(H,24,29). The van der Waals surface area contributed by atoms with Crippen molar-refractivity contribution in [3.8, 4) is 0 Å². The highest BCUT2D eigenvalue weighted by atomic mass is 19.1. The number of carbonyl (C=O) groups is 1. The van der Waals surface area contributed by atoms with Gasteiger partial charge in [0.1, 0.15) is 5.82 Å². The third-order valence-corrected chi connectivity index (χ3v) is 5.16. The van der Waals surface area contributed by atoms with Gasteiger partial charge in [0.2, 0.25) is 11.6 Å². The Hall–Kier alpha value is -3.55. The highest BCUT2D eigenvalue weighted by molar-refractivity contribution is 5.92. The summed E-state index contributed by atoms with van der Waals surface area (Å²) in [4.78, 5) is 27.2. The molecule has 4 rings (SSSR count). The van der Waals surface area contributed by atoms with E-state index in [2.05, 4.69) is 15.5 Å². The number of hydrogen-bond donors (Lipinski definition) is 1. The highest BCUT2D eigenvalue weighted by Crippen LogP contribution is 2.26. The molecule has 1 unspecified atom stereocenters. The van der Waals surface area contributed by atoms with Crippen LogP contribution < -0.4 is 15.8 Å². The lowest BCUT2D eigenvalue weighted by molar-refractivity contribution is 0.0930. The van der Waals surface area contributed by atoms with Crippen LogP contribution in [0.15, 0.2) is 59.4 Å². The van der Waals surface area contributed by atoms with Crippen molar-refractivity contribution in [1.29, 1.82) is 0 Å². The van der Waals surface area contributed by atoms with E-state index >= 15 is 0 Å². The molecule has 7 nitrogen and oxygen atoms in total. The van der Waals surface area contributed by atoms with Crippen LogP contribution in [0, 0.1) is 5.82 Å². The normalized spacial score (nSPS) is 13.7. The second kappa shape index (κ2) is 8.44. The van der Waals surface area contributed by atoms with Gasteiger partial charge in [-0.3, -0.25) is 14.2 Å². The summed E-state index contributed by atoms with van der Waals surface area (Å²) in [6.07, 6.45) is 1.57. The summed E-state index contributed by atoms with van der Waals surface area (Å²) in [5, 5.41) is 10.8. The van der Waals surface area contributed by atoms with Crippen LogP contribution in [0.2, 0.25) is 0 Å². The maximum absolute atomic E-state index is 13.2. The fourth-order valence-corrected chi connectivity index (χ4v) is 3.51. The molecule has 1 aromatic heterocycles. The van der Waals surface area contributed by atoms with Gasteiger partial charge < -0.3 is 10.2 Å². The smallest absolute Gasteiger partial charge is 0.286 e. The van der Waals surface area contributed by atoms with E-state index in [4.69, 9.17) is 0 Å². The van der Waals surface area contributed by atoms with Gasteiger partial charge in [-0.25, -0.2) is 4.39 Å². The second-order valence-electron chi connectivity index (χ2n) is 7.33. The highest BCUT2D eigenvalue weighted by Gasteiger charge is 2.27. The van der Waals surface area contributed by atoms with Crippen molar-refractivity contribution < 1.29 is 9.18 Å². The lowest BCUT2D eigenvalue weighted by atomic mass is 10.1. The Morgan fingerprint density at radius 1 is 1.10 bits per heavy atom. The summed E-state index contributed by atoms with van der Waals surface area (Å²) < 4.78 is 14.6. The number of nitrogens with zero attached hydrogens (tertiary/aromatic N) is 4. The first-order valence-electron chi connectivity index (χ1n) is 9.88. The molecule has 1 N–H and O–H groups in total. The van der Waals surface area contributed by atoms with E-state index in [-0.39, 0.29) is 17.6 Å². The summed E-state index contributed by atoms with van der Waals surface area (Å²) in [5.41, 5.74) is 1.21. The number of aryl methyl sites for hydroxylation is 1. The average Bonchev–Trinajstić information content (AvgIpc) is 3.19. The van der Waals surface area contributed by atoms with Gasteiger partial charge in [-0.1, -0.05) is 30.3 Å².